The molecular weight excluding hydrogens is 294 g/mol. The Morgan fingerprint density at radius 1 is 1.22 bits per heavy atom. The summed E-state index contributed by atoms with van der Waals surface area (Å²) in [4.78, 5) is 16.2. The van der Waals surface area contributed by atoms with Gasteiger partial charge in [0.15, 0.2) is 11.5 Å². The number of benzene rings is 2. The molecule has 0 bridgehead atoms. The number of rotatable bonds is 3. The third kappa shape index (κ3) is 3.32. The Bertz CT molecular complexity index is 798. The van der Waals surface area contributed by atoms with E-state index in [0.29, 0.717) is 17.3 Å². The normalized spacial score (nSPS) is 15.3. The van der Waals surface area contributed by atoms with Crippen molar-refractivity contribution in [2.45, 2.75) is 0 Å². The Hall–Kier alpha value is -3.28. The molecule has 3 N–H and O–H groups in total. The molecule has 6 heteroatoms. The van der Waals surface area contributed by atoms with Gasteiger partial charge in [-0.25, -0.2) is 4.99 Å². The molecule has 1 amide bonds. The molecule has 23 heavy (non-hydrogen) atoms. The Morgan fingerprint density at radius 3 is 2.74 bits per heavy atom. The monoisotopic (exact) mass is 309 g/mol. The number of phenolic OH excluding ortho intramolecular Hbond substituents is 1. The van der Waals surface area contributed by atoms with E-state index >= 15 is 0 Å². The molecule has 2 aromatic carbocycles. The molecule has 2 aromatic rings. The summed E-state index contributed by atoms with van der Waals surface area (Å²) in [5.41, 5.74) is 1.81. The second kappa shape index (κ2) is 6.23. The van der Waals surface area contributed by atoms with Gasteiger partial charge in [-0.2, -0.15) is 0 Å². The average molecular weight is 309 g/mol. The van der Waals surface area contributed by atoms with E-state index in [-0.39, 0.29) is 17.4 Å². The van der Waals surface area contributed by atoms with Crippen LogP contribution in [0, 0.1) is 0 Å². The van der Waals surface area contributed by atoms with Crippen molar-refractivity contribution >= 4 is 23.6 Å². The van der Waals surface area contributed by atoms with Crippen molar-refractivity contribution < 1.29 is 14.6 Å². The van der Waals surface area contributed by atoms with Crippen LogP contribution < -0.4 is 15.4 Å². The third-order valence-electron chi connectivity index (χ3n) is 3.24. The maximum atomic E-state index is 12.0. The number of carbonyl (C=O) groups is 1. The van der Waals surface area contributed by atoms with E-state index in [1.807, 2.05) is 30.3 Å². The predicted octanol–water partition coefficient (Wildman–Crippen LogP) is 2.34. The molecule has 116 valence electrons. The summed E-state index contributed by atoms with van der Waals surface area (Å²) in [5, 5.41) is 15.3. The SMILES string of the molecule is COc1cc(/C=C2\N=C(Nc3ccccc3)NC2=O)ccc1O. The summed E-state index contributed by atoms with van der Waals surface area (Å²) in [6, 6.07) is 14.2. The van der Waals surface area contributed by atoms with Crippen molar-refractivity contribution in [2.75, 3.05) is 12.4 Å². The number of para-hydroxylation sites is 1. The fourth-order valence-electron chi connectivity index (χ4n) is 2.13. The summed E-state index contributed by atoms with van der Waals surface area (Å²) in [6.45, 7) is 0. The molecule has 0 radical (unpaired) electrons. The first kappa shape index (κ1) is 14.6. The molecule has 0 spiro atoms. The first-order valence-corrected chi connectivity index (χ1v) is 6.96. The molecule has 0 saturated heterocycles. The molecule has 1 aliphatic heterocycles. The highest BCUT2D eigenvalue weighted by atomic mass is 16.5. The Labute approximate surface area is 133 Å². The van der Waals surface area contributed by atoms with Gasteiger partial charge in [-0.3, -0.25) is 10.1 Å². The Balaban J connectivity index is 1.83. The summed E-state index contributed by atoms with van der Waals surface area (Å²) in [7, 11) is 1.47. The predicted molar refractivity (Wildman–Crippen MR) is 88.3 cm³/mol. The van der Waals surface area contributed by atoms with Crippen LogP contribution in [0.25, 0.3) is 6.08 Å². The van der Waals surface area contributed by atoms with E-state index in [1.54, 1.807) is 18.2 Å². The zero-order valence-corrected chi connectivity index (χ0v) is 12.4. The van der Waals surface area contributed by atoms with Crippen molar-refractivity contribution in [1.29, 1.82) is 0 Å². The van der Waals surface area contributed by atoms with Crippen LogP contribution >= 0.6 is 0 Å². The number of carbonyl (C=O) groups excluding carboxylic acids is 1. The lowest BCUT2D eigenvalue weighted by Crippen LogP contribution is -2.29. The summed E-state index contributed by atoms with van der Waals surface area (Å²) < 4.78 is 5.05. The lowest BCUT2D eigenvalue weighted by atomic mass is 10.1. The summed E-state index contributed by atoms with van der Waals surface area (Å²) >= 11 is 0. The topological polar surface area (TPSA) is 83.0 Å². The van der Waals surface area contributed by atoms with Crippen LogP contribution in [0.3, 0.4) is 0 Å². The van der Waals surface area contributed by atoms with Gasteiger partial charge in [-0.1, -0.05) is 24.3 Å². The van der Waals surface area contributed by atoms with E-state index in [4.69, 9.17) is 4.74 Å². The van der Waals surface area contributed by atoms with Crippen molar-refractivity contribution in [1.82, 2.24) is 5.32 Å². The molecule has 0 atom stereocenters. The van der Waals surface area contributed by atoms with Crippen LogP contribution in [0.15, 0.2) is 59.2 Å². The number of aromatic hydroxyl groups is 1. The fraction of sp³-hybridized carbons (Fsp3) is 0.0588. The minimum atomic E-state index is -0.296. The third-order valence-corrected chi connectivity index (χ3v) is 3.24. The molecular formula is C17H15N3O3. The lowest BCUT2D eigenvalue weighted by Gasteiger charge is -2.03. The number of hydrogen-bond donors (Lipinski definition) is 3. The maximum Gasteiger partial charge on any atom is 0.276 e. The van der Waals surface area contributed by atoms with Gasteiger partial charge in [-0.15, -0.1) is 0 Å². The minimum Gasteiger partial charge on any atom is -0.504 e. The minimum absolute atomic E-state index is 0.0421. The number of hydrogen-bond acceptors (Lipinski definition) is 5. The van der Waals surface area contributed by atoms with Gasteiger partial charge in [0.1, 0.15) is 5.70 Å². The van der Waals surface area contributed by atoms with Gasteiger partial charge in [0, 0.05) is 5.69 Å². The van der Waals surface area contributed by atoms with E-state index in [1.165, 1.54) is 13.2 Å². The standard InChI is InChI=1S/C17H15N3O3/c1-23-15-10-11(7-8-14(15)21)9-13-16(22)20-17(19-13)18-12-5-3-2-4-6-12/h2-10,21H,1H3,(H2,18,19,20,22)/b13-9-. The van der Waals surface area contributed by atoms with Crippen molar-refractivity contribution in [3.05, 3.63) is 59.8 Å². The smallest absolute Gasteiger partial charge is 0.276 e. The van der Waals surface area contributed by atoms with E-state index in [0.717, 1.165) is 5.69 Å². The van der Waals surface area contributed by atoms with Crippen molar-refractivity contribution in [2.24, 2.45) is 4.99 Å². The molecule has 0 saturated carbocycles. The largest absolute Gasteiger partial charge is 0.504 e. The number of nitrogens with one attached hydrogen (secondary N) is 2. The zero-order chi connectivity index (χ0) is 16.2. The van der Waals surface area contributed by atoms with Crippen LogP contribution in [0.4, 0.5) is 5.69 Å². The first-order chi connectivity index (χ1) is 11.2. The van der Waals surface area contributed by atoms with E-state index in [2.05, 4.69) is 15.6 Å². The van der Waals surface area contributed by atoms with Gasteiger partial charge in [0.05, 0.1) is 7.11 Å². The number of methoxy groups -OCH3 is 1. The Morgan fingerprint density at radius 2 is 2.00 bits per heavy atom. The number of ether oxygens (including phenoxy) is 1. The zero-order valence-electron chi connectivity index (χ0n) is 12.4. The van der Waals surface area contributed by atoms with Crippen LogP contribution in [0.5, 0.6) is 11.5 Å². The van der Waals surface area contributed by atoms with Crippen LogP contribution in [0.2, 0.25) is 0 Å². The lowest BCUT2D eigenvalue weighted by molar-refractivity contribution is -0.115. The highest BCUT2D eigenvalue weighted by Gasteiger charge is 2.20. The molecule has 6 nitrogen and oxygen atoms in total. The quantitative estimate of drug-likeness (QED) is 0.760. The molecule has 1 heterocycles. The molecule has 0 aromatic heterocycles. The van der Waals surface area contributed by atoms with Crippen LogP contribution in [-0.2, 0) is 4.79 Å². The number of guanidine groups is 1. The van der Waals surface area contributed by atoms with Gasteiger partial charge < -0.3 is 15.2 Å². The van der Waals surface area contributed by atoms with Gasteiger partial charge >= 0.3 is 0 Å². The van der Waals surface area contributed by atoms with Gasteiger partial charge in [-0.05, 0) is 35.9 Å². The van der Waals surface area contributed by atoms with Crippen LogP contribution in [0.1, 0.15) is 5.56 Å². The highest BCUT2D eigenvalue weighted by Crippen LogP contribution is 2.27. The second-order valence-corrected chi connectivity index (χ2v) is 4.87. The highest BCUT2D eigenvalue weighted by molar-refractivity contribution is 6.17. The number of phenols is 1. The van der Waals surface area contributed by atoms with E-state index < -0.39 is 0 Å². The van der Waals surface area contributed by atoms with Crippen molar-refractivity contribution in [3.63, 3.8) is 0 Å². The first-order valence-electron chi connectivity index (χ1n) is 6.96. The molecule has 0 unspecified atom stereocenters. The molecule has 1 aliphatic rings. The second-order valence-electron chi connectivity index (χ2n) is 4.87. The van der Waals surface area contributed by atoms with Crippen molar-refractivity contribution in [3.8, 4) is 11.5 Å². The van der Waals surface area contributed by atoms with Crippen LogP contribution in [-0.4, -0.2) is 24.1 Å². The summed E-state index contributed by atoms with van der Waals surface area (Å²) in [5.74, 6) is 0.457. The average Bonchev–Trinajstić information content (AvgIpc) is 2.89. The molecule has 0 fully saturated rings. The fourth-order valence-corrected chi connectivity index (χ4v) is 2.13. The number of anilines is 1. The van der Waals surface area contributed by atoms with Gasteiger partial charge in [0.25, 0.3) is 5.91 Å². The number of aliphatic imine (C=N–C) groups is 1. The molecule has 3 rings (SSSR count). The number of nitrogens with zero attached hydrogens (tertiary/aromatic N) is 1. The van der Waals surface area contributed by atoms with E-state index in [9.17, 15) is 9.90 Å². The Kier molecular flexibility index (Phi) is 3.97. The molecule has 0 aliphatic carbocycles. The van der Waals surface area contributed by atoms with Gasteiger partial charge in [0.2, 0.25) is 5.96 Å². The maximum absolute atomic E-state index is 12.0. The number of amides is 1. The summed E-state index contributed by atoms with van der Waals surface area (Å²) in [6.07, 6.45) is 1.62.